The van der Waals surface area contributed by atoms with Crippen LogP contribution in [-0.2, 0) is 24.0 Å². The van der Waals surface area contributed by atoms with Crippen LogP contribution in [0.1, 0.15) is 46.0 Å². The van der Waals surface area contributed by atoms with Crippen LogP contribution in [0.2, 0.25) is 0 Å². The monoisotopic (exact) mass is 430 g/mol. The number of carboxylic acids is 1. The smallest absolute Gasteiger partial charge is 0.326 e. The number of hydrogen-bond acceptors (Lipinski definition) is 7. The van der Waals surface area contributed by atoms with E-state index in [-0.39, 0.29) is 12.8 Å². The second kappa shape index (κ2) is 14.3. The van der Waals surface area contributed by atoms with Crippen LogP contribution in [0.3, 0.4) is 0 Å². The third-order valence-electron chi connectivity index (χ3n) is 4.29. The van der Waals surface area contributed by atoms with Crippen molar-refractivity contribution in [2.24, 2.45) is 23.1 Å². The number of carboxylic acid groups (broad SMARTS) is 1. The molecule has 3 atom stereocenters. The summed E-state index contributed by atoms with van der Waals surface area (Å²) in [6, 6.07) is -3.15. The van der Waals surface area contributed by atoms with Gasteiger partial charge in [-0.3, -0.25) is 19.2 Å². The van der Waals surface area contributed by atoms with Crippen LogP contribution in [0, 0.1) is 5.92 Å². The second-order valence-corrected chi connectivity index (χ2v) is 7.30. The van der Waals surface area contributed by atoms with Crippen LogP contribution >= 0.6 is 0 Å². The molecule has 12 nitrogen and oxygen atoms in total. The first-order chi connectivity index (χ1) is 14.0. The lowest BCUT2D eigenvalue weighted by atomic mass is 10.0. The standard InChI is InChI=1S/C18H34N6O6/c1-10(2)15(18(29)30)24-17(28)12(6-7-13(21)25)23-14(26)9-22-16(27)11(20)5-3-4-8-19/h10-12,15H,3-9,19-20H2,1-2H3,(H2,21,25)(H,22,27)(H,23,26)(H,24,28)(H,29,30). The van der Waals surface area contributed by atoms with Crippen molar-refractivity contribution in [3.05, 3.63) is 0 Å². The van der Waals surface area contributed by atoms with E-state index in [0.717, 1.165) is 6.42 Å². The van der Waals surface area contributed by atoms with Gasteiger partial charge in [-0.05, 0) is 31.7 Å². The lowest BCUT2D eigenvalue weighted by Gasteiger charge is -2.23. The molecule has 0 aliphatic carbocycles. The summed E-state index contributed by atoms with van der Waals surface area (Å²) in [5.41, 5.74) is 16.2. The average molecular weight is 431 g/mol. The summed E-state index contributed by atoms with van der Waals surface area (Å²) in [6.07, 6.45) is 1.50. The third-order valence-corrected chi connectivity index (χ3v) is 4.29. The summed E-state index contributed by atoms with van der Waals surface area (Å²) in [5, 5.41) is 16.3. The van der Waals surface area contributed by atoms with E-state index in [1.54, 1.807) is 13.8 Å². The molecule has 0 saturated carbocycles. The molecule has 0 bridgehead atoms. The van der Waals surface area contributed by atoms with Crippen molar-refractivity contribution >= 4 is 29.6 Å². The third kappa shape index (κ3) is 11.3. The molecule has 4 amide bonds. The zero-order valence-corrected chi connectivity index (χ0v) is 17.5. The van der Waals surface area contributed by atoms with Crippen molar-refractivity contribution in [1.29, 1.82) is 0 Å². The Bertz CT molecular complexity index is 612. The predicted octanol–water partition coefficient (Wildman–Crippen LogP) is -2.47. The van der Waals surface area contributed by atoms with Crippen molar-refractivity contribution in [3.8, 4) is 0 Å². The fraction of sp³-hybridized carbons (Fsp3) is 0.722. The number of primary amides is 1. The molecule has 0 aromatic carbocycles. The molecule has 0 radical (unpaired) electrons. The zero-order chi connectivity index (χ0) is 23.3. The van der Waals surface area contributed by atoms with Gasteiger partial charge in [0.15, 0.2) is 0 Å². The van der Waals surface area contributed by atoms with Crippen molar-refractivity contribution in [3.63, 3.8) is 0 Å². The molecule has 0 spiro atoms. The lowest BCUT2D eigenvalue weighted by Crippen LogP contribution is -2.54. The topological polar surface area (TPSA) is 220 Å². The second-order valence-electron chi connectivity index (χ2n) is 7.30. The number of aliphatic carboxylic acids is 1. The van der Waals surface area contributed by atoms with E-state index in [4.69, 9.17) is 17.2 Å². The molecular formula is C18H34N6O6. The minimum atomic E-state index is -1.23. The van der Waals surface area contributed by atoms with Crippen molar-refractivity contribution in [2.45, 2.75) is 64.1 Å². The van der Waals surface area contributed by atoms with Gasteiger partial charge in [-0.15, -0.1) is 0 Å². The molecule has 0 aromatic rings. The number of nitrogens with one attached hydrogen (secondary N) is 3. The maximum atomic E-state index is 12.4. The van der Waals surface area contributed by atoms with E-state index >= 15 is 0 Å². The van der Waals surface area contributed by atoms with Gasteiger partial charge in [0, 0.05) is 6.42 Å². The van der Waals surface area contributed by atoms with Gasteiger partial charge in [-0.1, -0.05) is 20.3 Å². The van der Waals surface area contributed by atoms with E-state index < -0.39 is 60.2 Å². The number of hydrogen-bond donors (Lipinski definition) is 7. The molecule has 172 valence electrons. The highest BCUT2D eigenvalue weighted by atomic mass is 16.4. The summed E-state index contributed by atoms with van der Waals surface area (Å²) in [4.78, 5) is 58.8. The molecule has 3 unspecified atom stereocenters. The molecule has 0 rings (SSSR count). The Morgan fingerprint density at radius 1 is 0.967 bits per heavy atom. The SMILES string of the molecule is CC(C)C(NC(=O)C(CCC(N)=O)NC(=O)CNC(=O)C(N)CCCCN)C(=O)O. The summed E-state index contributed by atoms with van der Waals surface area (Å²) in [7, 11) is 0. The maximum Gasteiger partial charge on any atom is 0.326 e. The zero-order valence-electron chi connectivity index (χ0n) is 17.5. The van der Waals surface area contributed by atoms with Gasteiger partial charge >= 0.3 is 5.97 Å². The summed E-state index contributed by atoms with van der Waals surface area (Å²) in [6.45, 7) is 3.28. The molecule has 0 aliphatic heterocycles. The minimum Gasteiger partial charge on any atom is -0.480 e. The minimum absolute atomic E-state index is 0.121. The van der Waals surface area contributed by atoms with Gasteiger partial charge in [0.05, 0.1) is 12.6 Å². The first-order valence-electron chi connectivity index (χ1n) is 9.83. The largest absolute Gasteiger partial charge is 0.480 e. The molecule has 10 N–H and O–H groups in total. The first kappa shape index (κ1) is 27.3. The molecule has 0 aromatic heterocycles. The van der Waals surface area contributed by atoms with Crippen molar-refractivity contribution < 1.29 is 29.1 Å². The lowest BCUT2D eigenvalue weighted by molar-refractivity contribution is -0.143. The Balaban J connectivity index is 4.84. The molecule has 0 saturated heterocycles. The van der Waals surface area contributed by atoms with Gasteiger partial charge in [-0.2, -0.15) is 0 Å². The van der Waals surface area contributed by atoms with E-state index in [2.05, 4.69) is 16.0 Å². The molecule has 30 heavy (non-hydrogen) atoms. The molecule has 12 heteroatoms. The van der Waals surface area contributed by atoms with Crippen LogP contribution < -0.4 is 33.2 Å². The molecule has 0 aliphatic rings. The van der Waals surface area contributed by atoms with E-state index in [1.165, 1.54) is 0 Å². The van der Waals surface area contributed by atoms with Gasteiger partial charge in [0.1, 0.15) is 12.1 Å². The number of amides is 4. The van der Waals surface area contributed by atoms with Gasteiger partial charge in [0.2, 0.25) is 23.6 Å². The fourth-order valence-electron chi connectivity index (χ4n) is 2.51. The van der Waals surface area contributed by atoms with Gasteiger partial charge in [-0.25, -0.2) is 4.79 Å². The number of carbonyl (C=O) groups is 5. The fourth-order valence-corrected chi connectivity index (χ4v) is 2.51. The first-order valence-corrected chi connectivity index (χ1v) is 9.83. The highest BCUT2D eigenvalue weighted by Gasteiger charge is 2.28. The van der Waals surface area contributed by atoms with Crippen LogP contribution in [0.5, 0.6) is 0 Å². The number of carbonyl (C=O) groups excluding carboxylic acids is 4. The summed E-state index contributed by atoms with van der Waals surface area (Å²) < 4.78 is 0. The summed E-state index contributed by atoms with van der Waals surface area (Å²) >= 11 is 0. The Kier molecular flexibility index (Phi) is 13.0. The average Bonchev–Trinajstić information content (AvgIpc) is 2.66. The summed E-state index contributed by atoms with van der Waals surface area (Å²) in [5.74, 6) is -4.30. The number of rotatable bonds is 15. The Morgan fingerprint density at radius 3 is 2.10 bits per heavy atom. The van der Waals surface area contributed by atoms with Crippen LogP contribution in [-0.4, -0.2) is 65.9 Å². The van der Waals surface area contributed by atoms with E-state index in [9.17, 15) is 29.1 Å². The molecule has 0 heterocycles. The molecule has 0 fully saturated rings. The van der Waals surface area contributed by atoms with Crippen molar-refractivity contribution in [1.82, 2.24) is 16.0 Å². The normalized spacial score (nSPS) is 13.8. The predicted molar refractivity (Wildman–Crippen MR) is 109 cm³/mol. The van der Waals surface area contributed by atoms with E-state index in [0.29, 0.717) is 19.4 Å². The van der Waals surface area contributed by atoms with Crippen molar-refractivity contribution in [2.75, 3.05) is 13.1 Å². The van der Waals surface area contributed by atoms with Crippen LogP contribution in [0.25, 0.3) is 0 Å². The highest BCUT2D eigenvalue weighted by Crippen LogP contribution is 2.05. The molecular weight excluding hydrogens is 396 g/mol. The Morgan fingerprint density at radius 2 is 1.60 bits per heavy atom. The van der Waals surface area contributed by atoms with Gasteiger partial charge in [0.25, 0.3) is 0 Å². The quantitative estimate of drug-likeness (QED) is 0.138. The Hall–Kier alpha value is -2.73. The number of unbranched alkanes of at least 4 members (excludes halogenated alkanes) is 1. The maximum absolute atomic E-state index is 12.4. The van der Waals surface area contributed by atoms with Gasteiger partial charge < -0.3 is 38.3 Å². The highest BCUT2D eigenvalue weighted by molar-refractivity contribution is 5.92. The van der Waals surface area contributed by atoms with E-state index in [1.807, 2.05) is 0 Å². The van der Waals surface area contributed by atoms with Crippen LogP contribution in [0.4, 0.5) is 0 Å². The number of nitrogens with two attached hydrogens (primary N) is 3. The Labute approximate surface area is 175 Å². The van der Waals surface area contributed by atoms with Crippen LogP contribution in [0.15, 0.2) is 0 Å².